The van der Waals surface area contributed by atoms with Crippen LogP contribution in [0.3, 0.4) is 0 Å². The van der Waals surface area contributed by atoms with Crippen molar-refractivity contribution in [2.45, 2.75) is 6.92 Å². The molecule has 0 saturated heterocycles. The topological polar surface area (TPSA) is 80.2 Å². The van der Waals surface area contributed by atoms with Crippen molar-refractivity contribution in [1.82, 2.24) is 0 Å². The van der Waals surface area contributed by atoms with E-state index in [4.69, 9.17) is 14.6 Å². The number of ether oxygens (including phenoxy) is 2. The van der Waals surface area contributed by atoms with Gasteiger partial charge in [-0.05, 0) is 37.3 Å². The summed E-state index contributed by atoms with van der Waals surface area (Å²) in [7, 11) is 3.14. The first-order valence-corrected chi connectivity index (χ1v) is 6.92. The van der Waals surface area contributed by atoms with E-state index in [9.17, 15) is 4.79 Å². The van der Waals surface area contributed by atoms with Crippen molar-refractivity contribution < 1.29 is 19.4 Å². The molecular formula is C17H18N2O4. The number of para-hydroxylation sites is 1. The van der Waals surface area contributed by atoms with Crippen molar-refractivity contribution in [3.63, 3.8) is 0 Å². The number of hydrogen-bond acceptors (Lipinski definition) is 5. The maximum atomic E-state index is 11.2. The van der Waals surface area contributed by atoms with Crippen LogP contribution in [-0.4, -0.2) is 31.0 Å². The summed E-state index contributed by atoms with van der Waals surface area (Å²) in [6, 6.07) is 12.0. The summed E-state index contributed by atoms with van der Waals surface area (Å²) in [5.41, 5.74) is 4.91. The van der Waals surface area contributed by atoms with E-state index < -0.39 is 5.97 Å². The van der Waals surface area contributed by atoms with E-state index >= 15 is 0 Å². The largest absolute Gasteiger partial charge is 0.493 e. The fourth-order valence-corrected chi connectivity index (χ4v) is 2.04. The molecule has 120 valence electrons. The summed E-state index contributed by atoms with van der Waals surface area (Å²) >= 11 is 0. The molecule has 0 amide bonds. The summed E-state index contributed by atoms with van der Waals surface area (Å²) in [6.45, 7) is 1.82. The van der Waals surface area contributed by atoms with Crippen LogP contribution >= 0.6 is 0 Å². The lowest BCUT2D eigenvalue weighted by Crippen LogP contribution is -2.05. The first-order valence-electron chi connectivity index (χ1n) is 6.92. The molecule has 23 heavy (non-hydrogen) atoms. The predicted octanol–water partition coefficient (Wildman–Crippen LogP) is 3.24. The number of rotatable bonds is 6. The third-order valence-corrected chi connectivity index (χ3v) is 3.30. The van der Waals surface area contributed by atoms with Gasteiger partial charge in [0, 0.05) is 5.56 Å². The molecule has 2 aromatic rings. The third kappa shape index (κ3) is 3.79. The minimum atomic E-state index is -1.01. The van der Waals surface area contributed by atoms with E-state index in [0.29, 0.717) is 22.9 Å². The zero-order valence-corrected chi connectivity index (χ0v) is 13.2. The fraction of sp³-hybridized carbons (Fsp3) is 0.176. The average Bonchev–Trinajstić information content (AvgIpc) is 2.59. The molecule has 0 atom stereocenters. The molecule has 0 heterocycles. The lowest BCUT2D eigenvalue weighted by molar-refractivity contribution is 0.0698. The van der Waals surface area contributed by atoms with Crippen LogP contribution in [0, 0.1) is 0 Å². The molecule has 0 aliphatic heterocycles. The molecule has 6 heteroatoms. The van der Waals surface area contributed by atoms with Crippen LogP contribution in [0.1, 0.15) is 22.8 Å². The first kappa shape index (κ1) is 16.4. The Balaban J connectivity index is 2.26. The van der Waals surface area contributed by atoms with Crippen LogP contribution in [0.5, 0.6) is 11.5 Å². The number of aromatic carboxylic acids is 1. The number of carboxylic acid groups (broad SMARTS) is 1. The Morgan fingerprint density at radius 2 is 1.78 bits per heavy atom. The van der Waals surface area contributed by atoms with Crippen LogP contribution in [0.2, 0.25) is 0 Å². The zero-order valence-electron chi connectivity index (χ0n) is 13.2. The van der Waals surface area contributed by atoms with Crippen LogP contribution in [-0.2, 0) is 0 Å². The summed E-state index contributed by atoms with van der Waals surface area (Å²) in [4.78, 5) is 11.2. The van der Waals surface area contributed by atoms with Gasteiger partial charge in [0.1, 0.15) is 0 Å². The molecule has 6 nitrogen and oxygen atoms in total. The standard InChI is InChI=1S/C17H18N2O4/c1-11(12-8-9-15(22-2)16(10-12)23-3)18-19-14-7-5-4-6-13(14)17(20)21/h4-10,19H,1-3H3,(H,20,21)/b18-11+. The number of nitrogens with zero attached hydrogens (tertiary/aromatic N) is 1. The number of methoxy groups -OCH3 is 2. The molecule has 0 bridgehead atoms. The molecule has 2 N–H and O–H groups in total. The van der Waals surface area contributed by atoms with Crippen LogP contribution in [0.4, 0.5) is 5.69 Å². The molecule has 0 saturated carbocycles. The molecule has 0 spiro atoms. The van der Waals surface area contributed by atoms with E-state index in [1.165, 1.54) is 6.07 Å². The summed E-state index contributed by atoms with van der Waals surface area (Å²) in [6.07, 6.45) is 0. The fourth-order valence-electron chi connectivity index (χ4n) is 2.04. The minimum Gasteiger partial charge on any atom is -0.493 e. The number of benzene rings is 2. The SMILES string of the molecule is COc1ccc(/C(C)=N/Nc2ccccc2C(=O)O)cc1OC. The minimum absolute atomic E-state index is 0.163. The van der Waals surface area contributed by atoms with Crippen LogP contribution in [0.25, 0.3) is 0 Å². The van der Waals surface area contributed by atoms with Crippen molar-refractivity contribution in [3.8, 4) is 11.5 Å². The summed E-state index contributed by atoms with van der Waals surface area (Å²) in [5, 5.41) is 13.4. The quantitative estimate of drug-likeness (QED) is 0.632. The van der Waals surface area contributed by atoms with E-state index in [1.54, 1.807) is 38.5 Å². The molecule has 0 unspecified atom stereocenters. The van der Waals surface area contributed by atoms with E-state index in [2.05, 4.69) is 10.5 Å². The zero-order chi connectivity index (χ0) is 16.8. The van der Waals surface area contributed by atoms with Gasteiger partial charge in [-0.1, -0.05) is 12.1 Å². The average molecular weight is 314 g/mol. The monoisotopic (exact) mass is 314 g/mol. The van der Waals surface area contributed by atoms with Crippen molar-refractivity contribution in [2.75, 3.05) is 19.6 Å². The third-order valence-electron chi connectivity index (χ3n) is 3.30. The molecule has 0 aromatic heterocycles. The van der Waals surface area contributed by atoms with E-state index in [0.717, 1.165) is 5.56 Å². The lowest BCUT2D eigenvalue weighted by atomic mass is 10.1. The second kappa shape index (κ2) is 7.31. The van der Waals surface area contributed by atoms with Gasteiger partial charge in [-0.2, -0.15) is 5.10 Å². The Bertz CT molecular complexity index is 741. The van der Waals surface area contributed by atoms with Gasteiger partial charge in [0.05, 0.1) is 31.2 Å². The molecule has 0 aliphatic carbocycles. The number of anilines is 1. The Morgan fingerprint density at radius 1 is 1.09 bits per heavy atom. The van der Waals surface area contributed by atoms with Gasteiger partial charge in [-0.25, -0.2) is 4.79 Å². The van der Waals surface area contributed by atoms with Gasteiger partial charge in [-0.3, -0.25) is 5.43 Å². The number of carbonyl (C=O) groups is 1. The molecule has 0 aliphatic rings. The van der Waals surface area contributed by atoms with Gasteiger partial charge in [0.2, 0.25) is 0 Å². The highest BCUT2D eigenvalue weighted by atomic mass is 16.5. The number of hydrazone groups is 1. The van der Waals surface area contributed by atoms with Gasteiger partial charge < -0.3 is 14.6 Å². The second-order valence-corrected chi connectivity index (χ2v) is 4.73. The smallest absolute Gasteiger partial charge is 0.337 e. The van der Waals surface area contributed by atoms with E-state index in [1.807, 2.05) is 19.1 Å². The molecule has 2 aromatic carbocycles. The normalized spacial score (nSPS) is 11.0. The van der Waals surface area contributed by atoms with Gasteiger partial charge >= 0.3 is 5.97 Å². The van der Waals surface area contributed by atoms with Crippen molar-refractivity contribution in [3.05, 3.63) is 53.6 Å². The maximum absolute atomic E-state index is 11.2. The lowest BCUT2D eigenvalue weighted by Gasteiger charge is -2.10. The molecular weight excluding hydrogens is 296 g/mol. The van der Waals surface area contributed by atoms with Crippen LogP contribution < -0.4 is 14.9 Å². The Labute approximate surface area is 134 Å². The van der Waals surface area contributed by atoms with Gasteiger partial charge in [0.15, 0.2) is 11.5 Å². The first-order chi connectivity index (χ1) is 11.1. The van der Waals surface area contributed by atoms with Gasteiger partial charge in [0.25, 0.3) is 0 Å². The molecule has 0 fully saturated rings. The summed E-state index contributed by atoms with van der Waals surface area (Å²) in [5.74, 6) is 0.228. The maximum Gasteiger partial charge on any atom is 0.337 e. The highest BCUT2D eigenvalue weighted by Crippen LogP contribution is 2.27. The molecule has 0 radical (unpaired) electrons. The Kier molecular flexibility index (Phi) is 5.19. The Morgan fingerprint density at radius 3 is 2.43 bits per heavy atom. The van der Waals surface area contributed by atoms with E-state index in [-0.39, 0.29) is 5.56 Å². The highest BCUT2D eigenvalue weighted by Gasteiger charge is 2.09. The second-order valence-electron chi connectivity index (χ2n) is 4.73. The van der Waals surface area contributed by atoms with Crippen LogP contribution in [0.15, 0.2) is 47.6 Å². The number of hydrogen-bond donors (Lipinski definition) is 2. The molecule has 2 rings (SSSR count). The van der Waals surface area contributed by atoms with Crippen molar-refractivity contribution in [2.24, 2.45) is 5.10 Å². The Hall–Kier alpha value is -3.02. The predicted molar refractivity (Wildman–Crippen MR) is 88.8 cm³/mol. The summed E-state index contributed by atoms with van der Waals surface area (Å²) < 4.78 is 10.5. The highest BCUT2D eigenvalue weighted by molar-refractivity contribution is 6.00. The number of carboxylic acids is 1. The van der Waals surface area contributed by atoms with Crippen molar-refractivity contribution >= 4 is 17.4 Å². The van der Waals surface area contributed by atoms with Gasteiger partial charge in [-0.15, -0.1) is 0 Å². The number of nitrogens with one attached hydrogen (secondary N) is 1. The van der Waals surface area contributed by atoms with Crippen molar-refractivity contribution in [1.29, 1.82) is 0 Å².